The SMILES string of the molecule is CC(C)[OH+]c1ccccc1[CH]=[Ru+].CCOC(=O)CF.Cc1cc(C)c(N2[CH-]N(c3c(C)cc(C)cc3C)CC2)c(C)c1.FCF.F[C-](F)F.O=C(O)C(F)(F)F.O=C=O. The first-order valence-electron chi connectivity index (χ1n) is 17.1. The summed E-state index contributed by atoms with van der Waals surface area (Å²) < 4.78 is 102. The number of carbonyl (C=O) groups is 2. The van der Waals surface area contributed by atoms with Crippen molar-refractivity contribution in [3.05, 3.63) is 101 Å². The van der Waals surface area contributed by atoms with Gasteiger partial charge in [0.05, 0.1) is 6.61 Å². The summed E-state index contributed by atoms with van der Waals surface area (Å²) in [7, 11) is 0. The van der Waals surface area contributed by atoms with E-state index in [2.05, 4.69) is 130 Å². The molecule has 1 aliphatic rings. The van der Waals surface area contributed by atoms with Crippen LogP contribution in [-0.4, -0.2) is 78.1 Å². The van der Waals surface area contributed by atoms with Crippen molar-refractivity contribution >= 4 is 34.1 Å². The Morgan fingerprint density at radius 2 is 1.22 bits per heavy atom. The second-order valence-corrected chi connectivity index (χ2v) is 12.5. The largest absolute Gasteiger partial charge is 0.502 e. The van der Waals surface area contributed by atoms with Crippen molar-refractivity contribution in [1.29, 1.82) is 0 Å². The molecule has 4 rings (SSSR count). The molecule has 3 aromatic rings. The number of carboxylic acid groups (broad SMARTS) is 1. The number of aliphatic hydroxyl groups is 1. The van der Waals surface area contributed by atoms with Gasteiger partial charge in [-0.3, -0.25) is 0 Å². The molecule has 1 aliphatic heterocycles. The van der Waals surface area contributed by atoms with Gasteiger partial charge in [-0.25, -0.2) is 22.8 Å². The zero-order chi connectivity index (χ0) is 46.5. The quantitative estimate of drug-likeness (QED) is 0.0819. The molecule has 1 heterocycles. The molecule has 2 N–H and O–H groups in total. The number of esters is 1. The summed E-state index contributed by atoms with van der Waals surface area (Å²) in [5, 5.41) is 7.12. The first kappa shape index (κ1) is 58.6. The Morgan fingerprint density at radius 3 is 1.47 bits per heavy atom. The summed E-state index contributed by atoms with van der Waals surface area (Å²) in [6, 6.07) is 17.3. The van der Waals surface area contributed by atoms with Crippen LogP contribution in [0.3, 0.4) is 0 Å². The van der Waals surface area contributed by atoms with Crippen molar-refractivity contribution in [2.45, 2.75) is 74.6 Å². The Balaban J connectivity index is -0.000000732. The van der Waals surface area contributed by atoms with Crippen molar-refractivity contribution < 1.29 is 91.1 Å². The maximum Gasteiger partial charge on any atom is 0.490 e. The van der Waals surface area contributed by atoms with Gasteiger partial charge in [-0.15, -0.1) is 0 Å². The number of aromatic hydroxyl groups is 1. The summed E-state index contributed by atoms with van der Waals surface area (Å²) in [6.45, 7) is 17.8. The number of alkyl halides is 6. The van der Waals surface area contributed by atoms with Crippen LogP contribution >= 0.6 is 0 Å². The van der Waals surface area contributed by atoms with Crippen LogP contribution < -0.4 is 9.80 Å². The molecule has 9 nitrogen and oxygen atoms in total. The molecule has 3 aromatic carbocycles. The molecule has 19 heteroatoms. The number of hydrogen-bond acceptors (Lipinski definition) is 7. The number of hydrogen-bond donors (Lipinski definition) is 1. The minimum atomic E-state index is -5.08. The molecule has 0 saturated carbocycles. The molecule has 0 atom stereocenters. The Labute approximate surface area is 348 Å². The number of aryl methyl sites for hydroxylation is 6. The summed E-state index contributed by atoms with van der Waals surface area (Å²) >= 11 is 2.51. The van der Waals surface area contributed by atoms with E-state index in [-0.39, 0.29) is 12.8 Å². The van der Waals surface area contributed by atoms with Gasteiger partial charge >= 0.3 is 107 Å². The number of rotatable bonds is 7. The van der Waals surface area contributed by atoms with E-state index in [1.54, 1.807) is 6.92 Å². The van der Waals surface area contributed by atoms with E-state index in [1.807, 2.05) is 22.8 Å². The van der Waals surface area contributed by atoms with Crippen molar-refractivity contribution in [2.75, 3.05) is 43.1 Å². The van der Waals surface area contributed by atoms with Crippen LogP contribution in [0.15, 0.2) is 48.5 Å². The van der Waals surface area contributed by atoms with E-state index in [1.165, 1.54) is 50.3 Å². The van der Waals surface area contributed by atoms with E-state index in [0.717, 1.165) is 18.8 Å². The first-order valence-corrected chi connectivity index (χ1v) is 18.1. The topological polar surface area (TPSA) is 117 Å². The molecular weight excluding hydrogens is 892 g/mol. The fraction of sp³-hybridized carbons (Fsp3) is 0.400. The van der Waals surface area contributed by atoms with Crippen LogP contribution in [0.4, 0.5) is 50.9 Å². The molecule has 0 aromatic heterocycles. The van der Waals surface area contributed by atoms with Gasteiger partial charge in [0.2, 0.25) is 6.93 Å². The molecule has 0 radical (unpaired) electrons. The maximum absolute atomic E-state index is 11.1. The van der Waals surface area contributed by atoms with Crippen LogP contribution in [0.1, 0.15) is 59.7 Å². The van der Waals surface area contributed by atoms with Gasteiger partial charge in [0.1, 0.15) is 0 Å². The third-order valence-electron chi connectivity index (χ3n) is 6.81. The minimum absolute atomic E-state index is 0.250. The molecule has 1 fully saturated rings. The number of carboxylic acids is 1. The van der Waals surface area contributed by atoms with Gasteiger partial charge in [-0.05, 0) is 70.7 Å². The maximum atomic E-state index is 11.1. The van der Waals surface area contributed by atoms with Gasteiger partial charge in [0.15, 0.2) is 13.4 Å². The fourth-order valence-corrected chi connectivity index (χ4v) is 5.68. The third kappa shape index (κ3) is 26.8. The predicted molar refractivity (Wildman–Crippen MR) is 204 cm³/mol. The number of benzene rings is 3. The summed E-state index contributed by atoms with van der Waals surface area (Å²) in [5.41, 5.74) is 12.0. The van der Waals surface area contributed by atoms with Gasteiger partial charge in [-0.2, -0.15) is 29.4 Å². The molecule has 0 spiro atoms. The fourth-order valence-electron chi connectivity index (χ4n) is 5.26. The van der Waals surface area contributed by atoms with E-state index in [0.29, 0.717) is 6.10 Å². The average molecular weight is 943 g/mol. The number of anilines is 2. The van der Waals surface area contributed by atoms with Crippen LogP contribution in [0.2, 0.25) is 0 Å². The first-order chi connectivity index (χ1) is 27.4. The second-order valence-electron chi connectivity index (χ2n) is 12.0. The normalized spacial score (nSPS) is 11.1. The Kier molecular flexibility index (Phi) is 31.9. The van der Waals surface area contributed by atoms with Gasteiger partial charge < -0.3 is 32.8 Å². The number of nitrogens with zero attached hydrogens (tertiary/aromatic N) is 2. The number of halogens is 9. The van der Waals surface area contributed by atoms with Crippen molar-refractivity contribution in [2.24, 2.45) is 0 Å². The van der Waals surface area contributed by atoms with Gasteiger partial charge in [0, 0.05) is 24.5 Å². The molecule has 59 heavy (non-hydrogen) atoms. The molecule has 0 amide bonds. The second kappa shape index (κ2) is 32.1. The molecule has 333 valence electrons. The molecule has 0 aliphatic carbocycles. The van der Waals surface area contributed by atoms with Crippen LogP contribution in [0, 0.1) is 54.9 Å². The number of ether oxygens (including phenoxy) is 2. The van der Waals surface area contributed by atoms with Crippen LogP contribution in [0.25, 0.3) is 0 Å². The van der Waals surface area contributed by atoms with Crippen LogP contribution in [0.5, 0.6) is 5.75 Å². The predicted octanol–water partition coefficient (Wildman–Crippen LogP) is 9.81. The average Bonchev–Trinajstić information content (AvgIpc) is 3.57. The van der Waals surface area contributed by atoms with Crippen molar-refractivity contribution in [3.8, 4) is 5.75 Å². The van der Waals surface area contributed by atoms with Crippen LogP contribution in [-0.2, 0) is 41.8 Å². The monoisotopic (exact) mass is 943 g/mol. The zero-order valence-electron chi connectivity index (χ0n) is 34.0. The Morgan fingerprint density at radius 1 is 0.881 bits per heavy atom. The number of aliphatic carboxylic acids is 1. The zero-order valence-corrected chi connectivity index (χ0v) is 35.7. The van der Waals surface area contributed by atoms with E-state index >= 15 is 0 Å². The standard InChI is InChI=1S/C21H27N2.C10H12O.C4H7FO2.C2HF3O2.CF3.CH2F2.CO2.Ru/c1-14-9-16(3)20(17(4)10-14)22-7-8-23(13-22)21-18(5)11-15(2)12-19(21)6;1-8(2)11-10-7-5-4-6-9(10)3;1-2-7-4(6)3-5;3-2(4,5)1(6)7;2-1(3)4;2*2-1-3;/h9-13H,7-8H2,1-6H3;3-8H,1-2H3;2-3H2,1H3;(H,6,7);;1H2;;/q-1;;;;-1;;;+1/p+1. The van der Waals surface area contributed by atoms with Crippen molar-refractivity contribution in [1.82, 2.24) is 0 Å². The summed E-state index contributed by atoms with van der Waals surface area (Å²) in [6.07, 6.45) is -4.47. The summed E-state index contributed by atoms with van der Waals surface area (Å²) in [4.78, 5) is 39.8. The van der Waals surface area contributed by atoms with Gasteiger partial charge in [-0.1, -0.05) is 35.4 Å². The molecule has 1 saturated heterocycles. The molecule has 0 bridgehead atoms. The molecule has 0 unspecified atom stereocenters. The molecular formula is C40H50F9N2O7Ru. The van der Waals surface area contributed by atoms with Crippen molar-refractivity contribution in [3.63, 3.8) is 0 Å². The Bertz CT molecular complexity index is 1610. The smallest absolute Gasteiger partial charge is 0.490 e. The number of carbonyl (C=O) groups excluding carboxylic acids is 3. The van der Waals surface area contributed by atoms with E-state index < -0.39 is 38.4 Å². The summed E-state index contributed by atoms with van der Waals surface area (Å²) in [5.74, 6) is -2.47. The minimum Gasteiger partial charge on any atom is -0.502 e. The number of para-hydroxylation sites is 1. The van der Waals surface area contributed by atoms with Gasteiger partial charge in [0.25, 0.3) is 0 Å². The van der Waals surface area contributed by atoms with E-state index in [4.69, 9.17) is 19.5 Å². The Hall–Kier alpha value is -4.76. The van der Waals surface area contributed by atoms with E-state index in [9.17, 15) is 44.3 Å². The third-order valence-corrected chi connectivity index (χ3v) is 7.35.